The van der Waals surface area contributed by atoms with Crippen LogP contribution in [0, 0.1) is 5.75 Å². The molecule has 1 saturated heterocycles. The average molecular weight is 208 g/mol. The summed E-state index contributed by atoms with van der Waals surface area (Å²) < 4.78 is 5.31. The summed E-state index contributed by atoms with van der Waals surface area (Å²) in [6.45, 7) is 3.62. The van der Waals surface area contributed by atoms with Crippen LogP contribution in [0.2, 0.25) is 0 Å². The van der Waals surface area contributed by atoms with Gasteiger partial charge < -0.3 is 9.64 Å². The lowest BCUT2D eigenvalue weighted by Gasteiger charge is -2.29. The molecule has 0 N–H and O–H groups in total. The molecular formula is C11H14NOS. The molecule has 1 aliphatic rings. The highest BCUT2D eigenvalue weighted by Gasteiger charge is 2.10. The quantitative estimate of drug-likeness (QED) is 0.746. The first-order chi connectivity index (χ1) is 6.90. The zero-order valence-corrected chi connectivity index (χ0v) is 8.91. The second kappa shape index (κ2) is 4.71. The van der Waals surface area contributed by atoms with Gasteiger partial charge in [-0.2, -0.15) is 12.6 Å². The number of morpholine rings is 1. The predicted octanol–water partition coefficient (Wildman–Crippen LogP) is 1.96. The van der Waals surface area contributed by atoms with E-state index in [1.165, 1.54) is 5.69 Å². The van der Waals surface area contributed by atoms with Crippen molar-refractivity contribution < 1.29 is 4.74 Å². The molecule has 1 aromatic rings. The van der Waals surface area contributed by atoms with Crippen LogP contribution in [0.3, 0.4) is 0 Å². The summed E-state index contributed by atoms with van der Waals surface area (Å²) in [5, 5.41) is 0. The average Bonchev–Trinajstić information content (AvgIpc) is 2.30. The molecule has 1 fully saturated rings. The Morgan fingerprint density at radius 1 is 1.29 bits per heavy atom. The lowest BCUT2D eigenvalue weighted by Crippen LogP contribution is -2.36. The van der Waals surface area contributed by atoms with Crippen molar-refractivity contribution in [3.8, 4) is 0 Å². The Kier molecular flexibility index (Phi) is 3.32. The van der Waals surface area contributed by atoms with Gasteiger partial charge >= 0.3 is 0 Å². The number of thiol groups is 1. The number of ether oxygens (including phenoxy) is 1. The molecule has 1 aliphatic heterocycles. The third kappa shape index (κ3) is 2.22. The van der Waals surface area contributed by atoms with E-state index in [1.807, 2.05) is 5.75 Å². The first-order valence-corrected chi connectivity index (χ1v) is 5.32. The standard InChI is InChI=1S/C11H14NOS/c14-9-10-2-1-3-11(8-10)12-4-6-13-7-5-12/h1-3,8-9,14H,4-7H2. The molecule has 2 nitrogen and oxygen atoms in total. The number of hydrogen-bond donors (Lipinski definition) is 1. The summed E-state index contributed by atoms with van der Waals surface area (Å²) in [6.07, 6.45) is 0. The van der Waals surface area contributed by atoms with E-state index in [-0.39, 0.29) is 0 Å². The van der Waals surface area contributed by atoms with Gasteiger partial charge in [-0.25, -0.2) is 0 Å². The van der Waals surface area contributed by atoms with Gasteiger partial charge in [0.25, 0.3) is 0 Å². The van der Waals surface area contributed by atoms with Gasteiger partial charge in [0.1, 0.15) is 0 Å². The van der Waals surface area contributed by atoms with Gasteiger partial charge in [0, 0.05) is 24.5 Å². The van der Waals surface area contributed by atoms with Crippen LogP contribution in [0.5, 0.6) is 0 Å². The summed E-state index contributed by atoms with van der Waals surface area (Å²) >= 11 is 4.15. The summed E-state index contributed by atoms with van der Waals surface area (Å²) in [7, 11) is 0. The highest BCUT2D eigenvalue weighted by atomic mass is 32.1. The number of anilines is 1. The van der Waals surface area contributed by atoms with E-state index in [2.05, 4.69) is 41.8 Å². The number of hydrogen-bond acceptors (Lipinski definition) is 3. The molecule has 0 spiro atoms. The molecule has 1 heterocycles. The van der Waals surface area contributed by atoms with Crippen molar-refractivity contribution in [3.63, 3.8) is 0 Å². The maximum absolute atomic E-state index is 5.31. The molecule has 0 amide bonds. The SMILES string of the molecule is S[CH]c1cccc(N2CCOCC2)c1. The monoisotopic (exact) mass is 208 g/mol. The van der Waals surface area contributed by atoms with Crippen LogP contribution < -0.4 is 4.90 Å². The van der Waals surface area contributed by atoms with Crippen LogP contribution in [-0.4, -0.2) is 26.3 Å². The molecule has 0 aromatic heterocycles. The van der Waals surface area contributed by atoms with Crippen LogP contribution in [0.4, 0.5) is 5.69 Å². The maximum Gasteiger partial charge on any atom is 0.0642 e. The van der Waals surface area contributed by atoms with Crippen LogP contribution in [0.25, 0.3) is 0 Å². The highest BCUT2D eigenvalue weighted by molar-refractivity contribution is 7.82. The van der Waals surface area contributed by atoms with E-state index in [0.29, 0.717) is 0 Å². The molecule has 2 rings (SSSR count). The van der Waals surface area contributed by atoms with Gasteiger partial charge in [-0.1, -0.05) is 12.1 Å². The first-order valence-electron chi connectivity index (χ1n) is 4.80. The van der Waals surface area contributed by atoms with E-state index >= 15 is 0 Å². The molecule has 0 bridgehead atoms. The Labute approximate surface area is 90.3 Å². The largest absolute Gasteiger partial charge is 0.378 e. The van der Waals surface area contributed by atoms with E-state index in [4.69, 9.17) is 4.74 Å². The summed E-state index contributed by atoms with van der Waals surface area (Å²) in [4.78, 5) is 2.34. The van der Waals surface area contributed by atoms with Crippen LogP contribution in [-0.2, 0) is 4.74 Å². The molecule has 0 atom stereocenters. The van der Waals surface area contributed by atoms with E-state index in [0.717, 1.165) is 31.9 Å². The fourth-order valence-electron chi connectivity index (χ4n) is 1.62. The van der Waals surface area contributed by atoms with Crippen molar-refractivity contribution in [1.29, 1.82) is 0 Å². The molecule has 14 heavy (non-hydrogen) atoms. The smallest absolute Gasteiger partial charge is 0.0642 e. The summed E-state index contributed by atoms with van der Waals surface area (Å²) in [6, 6.07) is 8.40. The van der Waals surface area contributed by atoms with Gasteiger partial charge in [0.05, 0.1) is 13.2 Å². The molecule has 3 heteroatoms. The number of nitrogens with zero attached hydrogens (tertiary/aromatic N) is 1. The lowest BCUT2D eigenvalue weighted by atomic mass is 10.2. The topological polar surface area (TPSA) is 12.5 Å². The second-order valence-corrected chi connectivity index (χ2v) is 3.58. The third-order valence-corrected chi connectivity index (χ3v) is 2.69. The minimum atomic E-state index is 0.828. The van der Waals surface area contributed by atoms with E-state index in [9.17, 15) is 0 Å². The Bertz CT molecular complexity index is 297. The van der Waals surface area contributed by atoms with Crippen molar-refractivity contribution in [1.82, 2.24) is 0 Å². The number of benzene rings is 1. The minimum Gasteiger partial charge on any atom is -0.378 e. The Morgan fingerprint density at radius 2 is 2.07 bits per heavy atom. The van der Waals surface area contributed by atoms with Crippen LogP contribution in [0.1, 0.15) is 5.56 Å². The second-order valence-electron chi connectivity index (χ2n) is 3.32. The van der Waals surface area contributed by atoms with Crippen molar-refractivity contribution in [3.05, 3.63) is 35.6 Å². The summed E-state index contributed by atoms with van der Waals surface area (Å²) in [5.41, 5.74) is 2.41. The zero-order valence-electron chi connectivity index (χ0n) is 8.02. The van der Waals surface area contributed by atoms with Gasteiger partial charge in [0.15, 0.2) is 0 Å². The van der Waals surface area contributed by atoms with Crippen LogP contribution >= 0.6 is 12.6 Å². The first kappa shape index (κ1) is 9.87. The predicted molar refractivity (Wildman–Crippen MR) is 61.9 cm³/mol. The van der Waals surface area contributed by atoms with E-state index in [1.54, 1.807) is 0 Å². The normalized spacial score (nSPS) is 17.1. The fraction of sp³-hybridized carbons (Fsp3) is 0.364. The molecule has 0 aliphatic carbocycles. The number of rotatable bonds is 2. The Balaban J connectivity index is 2.13. The molecule has 1 aromatic carbocycles. The Morgan fingerprint density at radius 3 is 2.79 bits per heavy atom. The van der Waals surface area contributed by atoms with Gasteiger partial charge in [-0.15, -0.1) is 0 Å². The fourth-order valence-corrected chi connectivity index (χ4v) is 1.78. The lowest BCUT2D eigenvalue weighted by molar-refractivity contribution is 0.122. The van der Waals surface area contributed by atoms with Crippen LogP contribution in [0.15, 0.2) is 24.3 Å². The Hall–Kier alpha value is -0.670. The van der Waals surface area contributed by atoms with Gasteiger partial charge in [-0.05, 0) is 17.7 Å². The molecule has 0 unspecified atom stereocenters. The molecule has 75 valence electrons. The van der Waals surface area contributed by atoms with Gasteiger partial charge in [-0.3, -0.25) is 0 Å². The van der Waals surface area contributed by atoms with Crippen molar-refractivity contribution in [2.75, 3.05) is 31.2 Å². The summed E-state index contributed by atoms with van der Waals surface area (Å²) in [5.74, 6) is 1.82. The zero-order chi connectivity index (χ0) is 9.80. The molecule has 1 radical (unpaired) electrons. The maximum atomic E-state index is 5.31. The third-order valence-electron chi connectivity index (χ3n) is 2.40. The highest BCUT2D eigenvalue weighted by Crippen LogP contribution is 2.18. The van der Waals surface area contributed by atoms with Crippen molar-refractivity contribution in [2.24, 2.45) is 0 Å². The van der Waals surface area contributed by atoms with Crippen molar-refractivity contribution in [2.45, 2.75) is 0 Å². The van der Waals surface area contributed by atoms with Crippen molar-refractivity contribution >= 4 is 18.3 Å². The molecular weight excluding hydrogens is 194 g/mol. The van der Waals surface area contributed by atoms with E-state index < -0.39 is 0 Å². The minimum absolute atomic E-state index is 0.828. The van der Waals surface area contributed by atoms with Gasteiger partial charge in [0.2, 0.25) is 0 Å². The molecule has 0 saturated carbocycles.